The van der Waals surface area contributed by atoms with Gasteiger partial charge in [0.15, 0.2) is 0 Å². The Kier molecular flexibility index (Phi) is 14.5. The van der Waals surface area contributed by atoms with Crippen LogP contribution in [0.5, 0.6) is 11.5 Å². The Morgan fingerprint density at radius 2 is 1.59 bits per heavy atom. The van der Waals surface area contributed by atoms with Crippen molar-refractivity contribution in [2.75, 3.05) is 46.4 Å². The summed E-state index contributed by atoms with van der Waals surface area (Å²) >= 11 is 0. The second-order valence-corrected chi connectivity index (χ2v) is 17.0. The lowest BCUT2D eigenvalue weighted by molar-refractivity contribution is -0.159. The van der Waals surface area contributed by atoms with Gasteiger partial charge < -0.3 is 34.7 Å². The Balaban J connectivity index is 0.758. The molecule has 12 nitrogen and oxygen atoms in total. The molecule has 3 saturated heterocycles. The fraction of sp³-hybridized carbons (Fsp3) is 0.327. The smallest absolute Gasteiger partial charge is 0.338 e. The first kappa shape index (κ1) is 44.3. The van der Waals surface area contributed by atoms with Gasteiger partial charge in [-0.3, -0.25) is 19.4 Å². The van der Waals surface area contributed by atoms with Gasteiger partial charge in [-0.05, 0) is 109 Å². The summed E-state index contributed by atoms with van der Waals surface area (Å²) in [7, 11) is 1.98. The third-order valence-corrected chi connectivity index (χ3v) is 12.4. The summed E-state index contributed by atoms with van der Waals surface area (Å²) in [5.41, 5.74) is 6.18. The maximum absolute atomic E-state index is 13.4. The highest BCUT2D eigenvalue weighted by molar-refractivity contribution is 5.89. The lowest BCUT2D eigenvalue weighted by Crippen LogP contribution is -2.52. The van der Waals surface area contributed by atoms with E-state index in [0.717, 1.165) is 60.3 Å². The Morgan fingerprint density at radius 3 is 2.34 bits per heavy atom. The number of aromatic nitrogens is 1. The molecule has 0 spiro atoms. The molecule has 0 radical (unpaired) electrons. The molecular formula is C52H56N4O8. The van der Waals surface area contributed by atoms with Crippen molar-refractivity contribution >= 4 is 22.8 Å². The minimum Gasteiger partial charge on any atom is -0.506 e. The number of hydrogen-bond donors (Lipinski definition) is 4. The van der Waals surface area contributed by atoms with Crippen LogP contribution in [0.2, 0.25) is 0 Å². The van der Waals surface area contributed by atoms with E-state index in [9.17, 15) is 24.6 Å². The Bertz CT molecular complexity index is 2560. The lowest BCUT2D eigenvalue weighted by atomic mass is 9.85. The highest BCUT2D eigenvalue weighted by atomic mass is 16.5. The highest BCUT2D eigenvalue weighted by Gasteiger charge is 2.37. The highest BCUT2D eigenvalue weighted by Crippen LogP contribution is 2.34. The van der Waals surface area contributed by atoms with Crippen molar-refractivity contribution in [3.05, 3.63) is 177 Å². The Labute approximate surface area is 373 Å². The number of aliphatic hydroxyl groups excluding tert-OH is 1. The van der Waals surface area contributed by atoms with E-state index in [1.54, 1.807) is 24.3 Å². The summed E-state index contributed by atoms with van der Waals surface area (Å²) in [4.78, 5) is 45.1. The van der Waals surface area contributed by atoms with Crippen LogP contribution >= 0.6 is 0 Å². The number of aliphatic hydroxyl groups is 1. The number of aromatic hydroxyl groups is 1. The molecular weight excluding hydrogens is 809 g/mol. The van der Waals surface area contributed by atoms with Crippen LogP contribution in [0.4, 0.5) is 0 Å². The molecule has 4 heterocycles. The standard InChI is InChI=1S/C52H56N4O8/c1-55(32-36-12-10-35(11-13-36)30-53-31-47(58)43-18-20-46(57)51-44(43)19-21-49(59)54-51)26-27-62-52(61)40-16-14-37(15-17-40)34-63-42-9-5-8-41(28-42)45(38-6-3-2-4-7-38)29-50(60)64-48-33-56-24-22-39(48)23-25-56/h2-21,28,39,45,47-48,53,57-58H,22-27,29-34H2,1H3,(H,54,59)/t45-,47-,48-/m0/s1. The summed E-state index contributed by atoms with van der Waals surface area (Å²) in [6.45, 7) is 5.66. The molecule has 5 aromatic carbocycles. The molecule has 0 amide bonds. The van der Waals surface area contributed by atoms with Gasteiger partial charge in [-0.15, -0.1) is 0 Å². The number of nitrogens with zero attached hydrogens (tertiary/aromatic N) is 2. The van der Waals surface area contributed by atoms with Crippen LogP contribution in [0.25, 0.3) is 10.9 Å². The van der Waals surface area contributed by atoms with Crippen molar-refractivity contribution in [2.45, 2.75) is 57.1 Å². The number of carbonyl (C=O) groups is 2. The first-order chi connectivity index (χ1) is 31.1. The molecule has 3 aliphatic heterocycles. The quantitative estimate of drug-likeness (QED) is 0.0618. The van der Waals surface area contributed by atoms with E-state index in [1.807, 2.05) is 73.8 Å². The Morgan fingerprint density at radius 1 is 0.859 bits per heavy atom. The van der Waals surface area contributed by atoms with Crippen molar-refractivity contribution in [2.24, 2.45) is 5.92 Å². The number of nitrogens with one attached hydrogen (secondary N) is 2. The summed E-state index contributed by atoms with van der Waals surface area (Å²) in [5, 5.41) is 24.9. The number of hydrogen-bond acceptors (Lipinski definition) is 11. The maximum atomic E-state index is 13.4. The molecule has 0 aliphatic carbocycles. The second kappa shape index (κ2) is 20.9. The van der Waals surface area contributed by atoms with E-state index in [2.05, 4.69) is 44.4 Å². The predicted octanol–water partition coefficient (Wildman–Crippen LogP) is 7.08. The van der Waals surface area contributed by atoms with Gasteiger partial charge in [0, 0.05) is 50.1 Å². The van der Waals surface area contributed by atoms with Crippen LogP contribution in [0, 0.1) is 5.92 Å². The molecule has 1 aromatic heterocycles. The number of ether oxygens (including phenoxy) is 3. The molecule has 3 atom stereocenters. The van der Waals surface area contributed by atoms with Crippen molar-refractivity contribution in [3.8, 4) is 11.5 Å². The van der Waals surface area contributed by atoms with Gasteiger partial charge >= 0.3 is 11.9 Å². The molecule has 3 fully saturated rings. The van der Waals surface area contributed by atoms with Crippen molar-refractivity contribution in [1.82, 2.24) is 20.1 Å². The number of pyridine rings is 1. The van der Waals surface area contributed by atoms with Gasteiger partial charge in [0.2, 0.25) is 5.56 Å². The van der Waals surface area contributed by atoms with E-state index < -0.39 is 6.10 Å². The number of benzene rings is 5. The van der Waals surface area contributed by atoms with Gasteiger partial charge in [0.1, 0.15) is 30.8 Å². The van der Waals surface area contributed by atoms with Gasteiger partial charge in [-0.1, -0.05) is 84.9 Å². The number of piperidine rings is 3. The molecule has 2 bridgehead atoms. The number of aromatic amines is 1. The van der Waals surface area contributed by atoms with Crippen LogP contribution < -0.4 is 15.6 Å². The Hall–Kier alpha value is -6.31. The summed E-state index contributed by atoms with van der Waals surface area (Å²) in [6.07, 6.45) is 1.58. The fourth-order valence-electron chi connectivity index (χ4n) is 8.81. The van der Waals surface area contributed by atoms with Crippen LogP contribution in [-0.4, -0.2) is 89.4 Å². The largest absolute Gasteiger partial charge is 0.506 e. The van der Waals surface area contributed by atoms with E-state index in [1.165, 1.54) is 12.1 Å². The van der Waals surface area contributed by atoms with E-state index >= 15 is 0 Å². The second-order valence-electron chi connectivity index (χ2n) is 17.0. The van der Waals surface area contributed by atoms with Gasteiger partial charge in [0.25, 0.3) is 0 Å². The number of H-pyrrole nitrogens is 1. The summed E-state index contributed by atoms with van der Waals surface area (Å²) in [6, 6.07) is 39.5. The van der Waals surface area contributed by atoms with Crippen molar-refractivity contribution in [3.63, 3.8) is 0 Å². The molecule has 332 valence electrons. The number of rotatable bonds is 19. The fourth-order valence-corrected chi connectivity index (χ4v) is 8.81. The number of likely N-dealkylation sites (N-methyl/N-ethyl adjacent to an activating group) is 1. The minimum absolute atomic E-state index is 0.0258. The SMILES string of the molecule is CN(CCOC(=O)c1ccc(COc2cccc([C@@H](CC(=O)O[C@H]3CN4CCC3CC4)c3ccccc3)c2)cc1)Cc1ccc(CNC[C@H](O)c2ccc(O)c3[nH]c(=O)ccc23)cc1. The first-order valence-electron chi connectivity index (χ1n) is 22.1. The maximum Gasteiger partial charge on any atom is 0.338 e. The minimum atomic E-state index is -0.837. The molecule has 4 N–H and O–H groups in total. The first-order valence-corrected chi connectivity index (χ1v) is 22.1. The van der Waals surface area contributed by atoms with Crippen LogP contribution in [0.1, 0.15) is 75.0 Å². The normalized spacial score (nSPS) is 17.8. The van der Waals surface area contributed by atoms with Crippen LogP contribution in [0.3, 0.4) is 0 Å². The van der Waals surface area contributed by atoms with Gasteiger partial charge in [0.05, 0.1) is 23.6 Å². The number of carbonyl (C=O) groups excluding carboxylic acids is 2. The topological polar surface area (TPSA) is 154 Å². The number of phenols is 1. The number of phenolic OH excluding ortho intramolecular Hbond substituents is 1. The molecule has 9 rings (SSSR count). The molecule has 3 aliphatic rings. The van der Waals surface area contributed by atoms with Crippen LogP contribution in [-0.2, 0) is 34.0 Å². The van der Waals surface area contributed by atoms with Crippen molar-refractivity contribution < 1.29 is 34.0 Å². The number of esters is 2. The van der Waals surface area contributed by atoms with E-state index in [-0.39, 0.29) is 54.8 Å². The number of fused-ring (bicyclic) bond motifs is 4. The zero-order chi connectivity index (χ0) is 44.4. The van der Waals surface area contributed by atoms with E-state index in [4.69, 9.17) is 14.2 Å². The molecule has 64 heavy (non-hydrogen) atoms. The molecule has 0 saturated carbocycles. The third-order valence-electron chi connectivity index (χ3n) is 12.4. The predicted molar refractivity (Wildman–Crippen MR) is 245 cm³/mol. The van der Waals surface area contributed by atoms with E-state index in [0.29, 0.717) is 59.9 Å². The average molecular weight is 865 g/mol. The molecule has 12 heteroatoms. The van der Waals surface area contributed by atoms with Crippen LogP contribution in [0.15, 0.2) is 132 Å². The van der Waals surface area contributed by atoms with Crippen molar-refractivity contribution in [1.29, 1.82) is 0 Å². The monoisotopic (exact) mass is 864 g/mol. The average Bonchev–Trinajstić information content (AvgIpc) is 3.32. The zero-order valence-electron chi connectivity index (χ0n) is 36.2. The molecule has 0 unspecified atom stereocenters. The summed E-state index contributed by atoms with van der Waals surface area (Å²) in [5.74, 6) is 0.383. The van der Waals surface area contributed by atoms with Gasteiger partial charge in [-0.2, -0.15) is 0 Å². The summed E-state index contributed by atoms with van der Waals surface area (Å²) < 4.78 is 17.9. The third kappa shape index (κ3) is 11.4. The molecule has 6 aromatic rings. The lowest BCUT2D eigenvalue weighted by Gasteiger charge is -2.44. The zero-order valence-corrected chi connectivity index (χ0v) is 36.2. The van der Waals surface area contributed by atoms with Gasteiger partial charge in [-0.25, -0.2) is 4.79 Å².